The van der Waals surface area contributed by atoms with Crippen LogP contribution < -0.4 is 0 Å². The molecule has 0 spiro atoms. The number of fused-ring (bicyclic) bond motifs is 4. The van der Waals surface area contributed by atoms with E-state index in [-0.39, 0.29) is 0 Å². The van der Waals surface area contributed by atoms with Crippen molar-refractivity contribution in [3.8, 4) is 55.6 Å². The molecule has 0 radical (unpaired) electrons. The van der Waals surface area contributed by atoms with E-state index in [0.29, 0.717) is 0 Å². The summed E-state index contributed by atoms with van der Waals surface area (Å²) < 4.78 is 0. The van der Waals surface area contributed by atoms with E-state index >= 15 is 0 Å². The Morgan fingerprint density at radius 1 is 0.212 bits per heavy atom. The van der Waals surface area contributed by atoms with Gasteiger partial charge in [0.05, 0.1) is 0 Å². The first-order valence-electron chi connectivity index (χ1n) is 18.0. The molecule has 52 heavy (non-hydrogen) atoms. The molecule has 10 aromatic rings. The lowest BCUT2D eigenvalue weighted by Gasteiger charge is -2.23. The van der Waals surface area contributed by atoms with Gasteiger partial charge in [-0.25, -0.2) is 0 Å². The molecule has 10 aromatic carbocycles. The van der Waals surface area contributed by atoms with Crippen LogP contribution in [0, 0.1) is 0 Å². The maximum atomic E-state index is 2.40. The molecular weight excluding hydrogens is 625 g/mol. The van der Waals surface area contributed by atoms with Gasteiger partial charge in [-0.05, 0) is 111 Å². The van der Waals surface area contributed by atoms with Crippen molar-refractivity contribution in [2.45, 2.75) is 0 Å². The fourth-order valence-corrected chi connectivity index (χ4v) is 8.29. The summed E-state index contributed by atoms with van der Waals surface area (Å²) in [5, 5.41) is 10.0. The van der Waals surface area contributed by atoms with E-state index in [1.807, 2.05) is 0 Å². The van der Waals surface area contributed by atoms with E-state index in [4.69, 9.17) is 0 Å². The zero-order chi connectivity index (χ0) is 34.4. The highest BCUT2D eigenvalue weighted by Crippen LogP contribution is 2.50. The molecule has 0 saturated heterocycles. The minimum absolute atomic E-state index is 1.21. The molecule has 0 heteroatoms. The largest absolute Gasteiger partial charge is 0.0622 e. The molecule has 242 valence electrons. The molecule has 10 rings (SSSR count). The zero-order valence-electron chi connectivity index (χ0n) is 28.6. The predicted molar refractivity (Wildman–Crippen MR) is 224 cm³/mol. The number of benzene rings is 10. The summed E-state index contributed by atoms with van der Waals surface area (Å²) in [6.07, 6.45) is 0. The summed E-state index contributed by atoms with van der Waals surface area (Å²) in [6.45, 7) is 0. The van der Waals surface area contributed by atoms with Crippen molar-refractivity contribution < 1.29 is 0 Å². The van der Waals surface area contributed by atoms with Gasteiger partial charge in [-0.2, -0.15) is 0 Å². The summed E-state index contributed by atoms with van der Waals surface area (Å²) in [5.41, 5.74) is 12.3. The van der Waals surface area contributed by atoms with Crippen LogP contribution in [0.5, 0.6) is 0 Å². The van der Waals surface area contributed by atoms with Crippen molar-refractivity contribution in [1.29, 1.82) is 0 Å². The van der Waals surface area contributed by atoms with E-state index in [9.17, 15) is 0 Å². The average molecular weight is 659 g/mol. The lowest BCUT2D eigenvalue weighted by molar-refractivity contribution is 1.61. The van der Waals surface area contributed by atoms with Gasteiger partial charge < -0.3 is 0 Å². The second kappa shape index (κ2) is 12.5. The minimum Gasteiger partial charge on any atom is -0.0622 e. The van der Waals surface area contributed by atoms with Gasteiger partial charge in [0.1, 0.15) is 0 Å². The fourth-order valence-electron chi connectivity index (χ4n) is 8.29. The second-order valence-electron chi connectivity index (χ2n) is 13.6. The molecular formula is C52H34. The lowest BCUT2D eigenvalue weighted by Crippen LogP contribution is -1.96. The highest BCUT2D eigenvalue weighted by atomic mass is 14.3. The SMILES string of the molecule is c1ccc(-c2cccc3c(-c4cccc5ccccc45)c4c(-c5ccccc5)cccc4c(-c4cccc(-c5ccc6ccccc6c5)c4)c23)cc1. The van der Waals surface area contributed by atoms with Crippen LogP contribution in [0.15, 0.2) is 206 Å². The first-order chi connectivity index (χ1) is 25.8. The van der Waals surface area contributed by atoms with Crippen molar-refractivity contribution in [1.82, 2.24) is 0 Å². The van der Waals surface area contributed by atoms with Crippen LogP contribution in [0.25, 0.3) is 98.7 Å². The zero-order valence-corrected chi connectivity index (χ0v) is 28.6. The molecule has 0 unspecified atom stereocenters. The molecule has 0 heterocycles. The molecule has 0 N–H and O–H groups in total. The molecule has 0 aliphatic rings. The van der Waals surface area contributed by atoms with Crippen molar-refractivity contribution in [2.75, 3.05) is 0 Å². The molecule has 0 amide bonds. The first-order valence-corrected chi connectivity index (χ1v) is 18.0. The van der Waals surface area contributed by atoms with Crippen molar-refractivity contribution in [2.24, 2.45) is 0 Å². The molecule has 0 aromatic heterocycles. The summed E-state index contributed by atoms with van der Waals surface area (Å²) in [5.74, 6) is 0. The molecule has 0 atom stereocenters. The number of rotatable bonds is 5. The Morgan fingerprint density at radius 3 is 1.40 bits per heavy atom. The van der Waals surface area contributed by atoms with Gasteiger partial charge >= 0.3 is 0 Å². The Labute approximate surface area is 303 Å². The highest BCUT2D eigenvalue weighted by molar-refractivity contribution is 6.29. The van der Waals surface area contributed by atoms with Crippen LogP contribution in [-0.4, -0.2) is 0 Å². The quantitative estimate of drug-likeness (QED) is 0.161. The van der Waals surface area contributed by atoms with Gasteiger partial charge in [-0.1, -0.05) is 194 Å². The fraction of sp³-hybridized carbons (Fsp3) is 0. The third-order valence-electron chi connectivity index (χ3n) is 10.6. The number of hydrogen-bond donors (Lipinski definition) is 0. The third-order valence-corrected chi connectivity index (χ3v) is 10.6. The molecule has 0 aliphatic carbocycles. The van der Waals surface area contributed by atoms with E-state index < -0.39 is 0 Å². The van der Waals surface area contributed by atoms with Crippen LogP contribution in [0.4, 0.5) is 0 Å². The molecule has 0 saturated carbocycles. The summed E-state index contributed by atoms with van der Waals surface area (Å²) >= 11 is 0. The van der Waals surface area contributed by atoms with Crippen LogP contribution in [-0.2, 0) is 0 Å². The molecule has 0 aliphatic heterocycles. The maximum Gasteiger partial charge on any atom is -0.00137 e. The first kappa shape index (κ1) is 30.1. The van der Waals surface area contributed by atoms with Gasteiger partial charge in [0.25, 0.3) is 0 Å². The standard InChI is InChI=1S/C52H34/c1-3-16-37(17-4-1)44-26-14-30-48-50(44)49(42-24-11-23-40(34-42)41-32-31-35-15-7-8-21-39(35)33-41)47-29-13-27-45(38-18-5-2-6-19-38)51(47)52(48)46-28-12-22-36-20-9-10-25-43(36)46/h1-34H. The number of hydrogen-bond acceptors (Lipinski definition) is 0. The van der Waals surface area contributed by atoms with Crippen LogP contribution >= 0.6 is 0 Å². The van der Waals surface area contributed by atoms with Crippen LogP contribution in [0.3, 0.4) is 0 Å². The minimum atomic E-state index is 1.21. The summed E-state index contributed by atoms with van der Waals surface area (Å²) in [7, 11) is 0. The van der Waals surface area contributed by atoms with E-state index in [2.05, 4.69) is 206 Å². The Balaban J connectivity index is 1.38. The van der Waals surface area contributed by atoms with Crippen molar-refractivity contribution in [3.05, 3.63) is 206 Å². The van der Waals surface area contributed by atoms with Gasteiger partial charge in [0.15, 0.2) is 0 Å². The second-order valence-corrected chi connectivity index (χ2v) is 13.6. The highest BCUT2D eigenvalue weighted by Gasteiger charge is 2.23. The Hall–Kier alpha value is -6.76. The Morgan fingerprint density at radius 2 is 0.673 bits per heavy atom. The van der Waals surface area contributed by atoms with Crippen LogP contribution in [0.1, 0.15) is 0 Å². The average Bonchev–Trinajstić information content (AvgIpc) is 3.22. The van der Waals surface area contributed by atoms with Crippen molar-refractivity contribution in [3.63, 3.8) is 0 Å². The Kier molecular flexibility index (Phi) is 7.25. The van der Waals surface area contributed by atoms with Gasteiger partial charge in [-0.15, -0.1) is 0 Å². The maximum absolute atomic E-state index is 2.40. The summed E-state index contributed by atoms with van der Waals surface area (Å²) in [4.78, 5) is 0. The van der Waals surface area contributed by atoms with Gasteiger partial charge in [0.2, 0.25) is 0 Å². The van der Waals surface area contributed by atoms with E-state index in [1.54, 1.807) is 0 Å². The van der Waals surface area contributed by atoms with E-state index in [1.165, 1.54) is 98.7 Å². The third kappa shape index (κ3) is 5.00. The summed E-state index contributed by atoms with van der Waals surface area (Å²) in [6, 6.07) is 75.7. The normalized spacial score (nSPS) is 11.5. The van der Waals surface area contributed by atoms with Crippen molar-refractivity contribution >= 4 is 43.1 Å². The van der Waals surface area contributed by atoms with E-state index in [0.717, 1.165) is 0 Å². The smallest absolute Gasteiger partial charge is 0.00137 e. The lowest BCUT2D eigenvalue weighted by atomic mass is 9.80. The predicted octanol–water partition coefficient (Wildman–Crippen LogP) is 14.6. The molecule has 0 fully saturated rings. The topological polar surface area (TPSA) is 0 Å². The monoisotopic (exact) mass is 658 g/mol. The molecule has 0 bridgehead atoms. The van der Waals surface area contributed by atoms with Gasteiger partial charge in [-0.3, -0.25) is 0 Å². The van der Waals surface area contributed by atoms with Gasteiger partial charge in [0, 0.05) is 0 Å². The van der Waals surface area contributed by atoms with Crippen LogP contribution in [0.2, 0.25) is 0 Å². The molecule has 0 nitrogen and oxygen atoms in total. The Bertz CT molecular complexity index is 2930.